The van der Waals surface area contributed by atoms with Crippen LogP contribution in [0.15, 0.2) is 59.4 Å². The van der Waals surface area contributed by atoms with E-state index in [-0.39, 0.29) is 16.5 Å². The molecule has 0 unspecified atom stereocenters. The number of hydrogen-bond acceptors (Lipinski definition) is 6. The van der Waals surface area contributed by atoms with Crippen LogP contribution in [0.25, 0.3) is 5.69 Å². The highest BCUT2D eigenvalue weighted by molar-refractivity contribution is 7.11. The fraction of sp³-hybridized carbons (Fsp3) is 0. The van der Waals surface area contributed by atoms with Gasteiger partial charge in [-0.05, 0) is 23.5 Å². The minimum atomic E-state index is -0.530. The standard InChI is InChI=1S/C15H9N3O4S/c19-13(10-4-2-1-3-5-10)14-16-17(15(20)23-14)11-6-8-12(9-7-11)18(21)22/h1-9H. The van der Waals surface area contributed by atoms with Crippen molar-refractivity contribution < 1.29 is 9.72 Å². The molecule has 0 amide bonds. The van der Waals surface area contributed by atoms with E-state index < -0.39 is 9.80 Å². The highest BCUT2D eigenvalue weighted by Gasteiger charge is 2.17. The van der Waals surface area contributed by atoms with Crippen molar-refractivity contribution in [1.29, 1.82) is 0 Å². The van der Waals surface area contributed by atoms with E-state index in [2.05, 4.69) is 5.10 Å². The molecule has 0 atom stereocenters. The number of carbonyl (C=O) groups is 1. The molecule has 0 fully saturated rings. The molecule has 0 aliphatic heterocycles. The molecule has 0 spiro atoms. The second kappa shape index (κ2) is 5.93. The van der Waals surface area contributed by atoms with Crippen molar-refractivity contribution in [1.82, 2.24) is 9.78 Å². The highest BCUT2D eigenvalue weighted by Crippen LogP contribution is 2.15. The molecule has 7 nitrogen and oxygen atoms in total. The summed E-state index contributed by atoms with van der Waals surface area (Å²) in [4.78, 5) is 34.0. The molecule has 0 radical (unpaired) electrons. The van der Waals surface area contributed by atoms with Crippen molar-refractivity contribution in [2.24, 2.45) is 0 Å². The predicted octanol–water partition coefficient (Wildman–Crippen LogP) is 2.43. The lowest BCUT2D eigenvalue weighted by atomic mass is 10.1. The Morgan fingerprint density at radius 2 is 1.74 bits per heavy atom. The zero-order valence-corrected chi connectivity index (χ0v) is 12.4. The first-order valence-corrected chi connectivity index (χ1v) is 7.32. The molecule has 8 heteroatoms. The van der Waals surface area contributed by atoms with Gasteiger partial charge in [-0.3, -0.25) is 19.7 Å². The number of nitrogens with zero attached hydrogens (tertiary/aromatic N) is 3. The van der Waals surface area contributed by atoms with Gasteiger partial charge < -0.3 is 0 Å². The molecular formula is C15H9N3O4S. The largest absolute Gasteiger partial charge is 0.330 e. The van der Waals surface area contributed by atoms with Crippen LogP contribution >= 0.6 is 11.3 Å². The van der Waals surface area contributed by atoms with E-state index in [1.165, 1.54) is 24.3 Å². The summed E-state index contributed by atoms with van der Waals surface area (Å²) in [6.45, 7) is 0. The molecule has 1 aromatic heterocycles. The molecule has 0 aliphatic carbocycles. The monoisotopic (exact) mass is 327 g/mol. The Morgan fingerprint density at radius 3 is 2.35 bits per heavy atom. The third-order valence-electron chi connectivity index (χ3n) is 3.08. The smallest absolute Gasteiger partial charge is 0.286 e. The van der Waals surface area contributed by atoms with Gasteiger partial charge in [0, 0.05) is 17.7 Å². The second-order valence-electron chi connectivity index (χ2n) is 4.55. The Bertz CT molecular complexity index is 929. The first kappa shape index (κ1) is 14.8. The summed E-state index contributed by atoms with van der Waals surface area (Å²) in [7, 11) is 0. The summed E-state index contributed by atoms with van der Waals surface area (Å²) in [6, 6.07) is 13.9. The fourth-order valence-electron chi connectivity index (χ4n) is 1.96. The topological polar surface area (TPSA) is 95.1 Å². The Morgan fingerprint density at radius 1 is 1.09 bits per heavy atom. The average molecular weight is 327 g/mol. The van der Waals surface area contributed by atoms with Crippen molar-refractivity contribution in [3.8, 4) is 5.69 Å². The number of ketones is 1. The van der Waals surface area contributed by atoms with Crippen LogP contribution in [0.5, 0.6) is 0 Å². The van der Waals surface area contributed by atoms with E-state index in [4.69, 9.17) is 0 Å². The molecule has 0 bridgehead atoms. The van der Waals surface area contributed by atoms with Crippen molar-refractivity contribution in [3.63, 3.8) is 0 Å². The van der Waals surface area contributed by atoms with Gasteiger partial charge in [-0.2, -0.15) is 4.68 Å². The van der Waals surface area contributed by atoms with Crippen LogP contribution in [-0.2, 0) is 0 Å². The molecule has 0 saturated carbocycles. The lowest BCUT2D eigenvalue weighted by molar-refractivity contribution is -0.384. The zero-order chi connectivity index (χ0) is 16.4. The number of aromatic nitrogens is 2. The number of non-ortho nitro benzene ring substituents is 1. The van der Waals surface area contributed by atoms with Gasteiger partial charge in [0.2, 0.25) is 5.78 Å². The van der Waals surface area contributed by atoms with Gasteiger partial charge in [-0.25, -0.2) is 0 Å². The Hall–Kier alpha value is -3.13. The minimum absolute atomic E-state index is 0.0690. The van der Waals surface area contributed by atoms with Gasteiger partial charge in [-0.15, -0.1) is 5.10 Å². The number of nitro benzene ring substituents is 1. The van der Waals surface area contributed by atoms with Crippen molar-refractivity contribution in [3.05, 3.63) is 85.0 Å². The molecule has 1 heterocycles. The summed E-state index contributed by atoms with van der Waals surface area (Å²) < 4.78 is 1.06. The Labute approximate surface area is 133 Å². The van der Waals surface area contributed by atoms with E-state index in [1.54, 1.807) is 30.3 Å². The molecular weight excluding hydrogens is 318 g/mol. The second-order valence-corrected chi connectivity index (χ2v) is 5.49. The third-order valence-corrected chi connectivity index (χ3v) is 3.89. The summed E-state index contributed by atoms with van der Waals surface area (Å²) in [5, 5.41) is 14.7. The van der Waals surface area contributed by atoms with Gasteiger partial charge in [0.05, 0.1) is 10.6 Å². The molecule has 23 heavy (non-hydrogen) atoms. The summed E-state index contributed by atoms with van der Waals surface area (Å²) >= 11 is 0.736. The quantitative estimate of drug-likeness (QED) is 0.416. The molecule has 2 aromatic carbocycles. The van der Waals surface area contributed by atoms with Gasteiger partial charge in [0.1, 0.15) is 0 Å². The van der Waals surface area contributed by atoms with Gasteiger partial charge in [-0.1, -0.05) is 30.3 Å². The van der Waals surface area contributed by atoms with Crippen LogP contribution in [0.2, 0.25) is 0 Å². The van der Waals surface area contributed by atoms with E-state index >= 15 is 0 Å². The van der Waals surface area contributed by atoms with Crippen molar-refractivity contribution >= 4 is 22.8 Å². The number of nitro groups is 1. The highest BCUT2D eigenvalue weighted by atomic mass is 32.1. The lowest BCUT2D eigenvalue weighted by Gasteiger charge is -1.99. The summed E-state index contributed by atoms with van der Waals surface area (Å²) in [5.74, 6) is -0.339. The van der Waals surface area contributed by atoms with Crippen LogP contribution < -0.4 is 4.87 Å². The molecule has 114 valence electrons. The van der Waals surface area contributed by atoms with Gasteiger partial charge in [0.25, 0.3) is 5.69 Å². The Balaban J connectivity index is 1.97. The van der Waals surface area contributed by atoms with E-state index in [9.17, 15) is 19.7 Å². The molecule has 3 rings (SSSR count). The number of hydrogen-bond donors (Lipinski definition) is 0. The van der Waals surface area contributed by atoms with E-state index in [0.717, 1.165) is 16.0 Å². The predicted molar refractivity (Wildman–Crippen MR) is 84.2 cm³/mol. The zero-order valence-electron chi connectivity index (χ0n) is 11.6. The van der Waals surface area contributed by atoms with Gasteiger partial charge >= 0.3 is 4.87 Å². The maximum atomic E-state index is 12.3. The SMILES string of the molecule is O=C(c1ccccc1)c1nn(-c2ccc([N+](=O)[O-])cc2)c(=O)s1. The van der Waals surface area contributed by atoms with Crippen LogP contribution in [0, 0.1) is 10.1 Å². The van der Waals surface area contributed by atoms with Crippen molar-refractivity contribution in [2.45, 2.75) is 0 Å². The average Bonchev–Trinajstić information content (AvgIpc) is 2.97. The van der Waals surface area contributed by atoms with Crippen LogP contribution in [0.4, 0.5) is 5.69 Å². The summed E-state index contributed by atoms with van der Waals surface area (Å²) in [5.41, 5.74) is 0.721. The molecule has 0 aliphatic rings. The number of benzene rings is 2. The fourth-order valence-corrected chi connectivity index (χ4v) is 2.69. The number of carbonyl (C=O) groups excluding carboxylic acids is 1. The first-order chi connectivity index (χ1) is 11.1. The number of rotatable bonds is 4. The van der Waals surface area contributed by atoms with Gasteiger partial charge in [0.15, 0.2) is 5.01 Å². The normalized spacial score (nSPS) is 10.4. The lowest BCUT2D eigenvalue weighted by Crippen LogP contribution is -2.12. The Kier molecular flexibility index (Phi) is 3.82. The maximum absolute atomic E-state index is 12.3. The van der Waals surface area contributed by atoms with Crippen LogP contribution in [0.1, 0.15) is 15.4 Å². The van der Waals surface area contributed by atoms with Crippen molar-refractivity contribution in [2.75, 3.05) is 0 Å². The first-order valence-electron chi connectivity index (χ1n) is 6.51. The molecule has 0 N–H and O–H groups in total. The molecule has 3 aromatic rings. The molecule has 0 saturated heterocycles. The van der Waals surface area contributed by atoms with Crippen LogP contribution in [0.3, 0.4) is 0 Å². The minimum Gasteiger partial charge on any atom is -0.286 e. The summed E-state index contributed by atoms with van der Waals surface area (Å²) in [6.07, 6.45) is 0. The third kappa shape index (κ3) is 2.92. The maximum Gasteiger partial charge on any atom is 0.330 e. The van der Waals surface area contributed by atoms with E-state index in [0.29, 0.717) is 11.3 Å². The van der Waals surface area contributed by atoms with E-state index in [1.807, 2.05) is 0 Å². The van der Waals surface area contributed by atoms with Crippen LogP contribution in [-0.4, -0.2) is 20.5 Å².